The number of hydrogen-bond acceptors (Lipinski definition) is 3. The zero-order chi connectivity index (χ0) is 23.0. The quantitative estimate of drug-likeness (QED) is 0.432. The maximum atomic E-state index is 14.3. The van der Waals surface area contributed by atoms with Crippen LogP contribution in [-0.4, -0.2) is 27.0 Å². The number of H-pyrrole nitrogens is 1. The van der Waals surface area contributed by atoms with E-state index in [1.54, 1.807) is 6.07 Å². The van der Waals surface area contributed by atoms with Crippen LogP contribution in [0.15, 0.2) is 65.6 Å². The van der Waals surface area contributed by atoms with Gasteiger partial charge in [-0.2, -0.15) is 0 Å². The minimum atomic E-state index is -4.97. The van der Waals surface area contributed by atoms with Crippen LogP contribution < -0.4 is 10.3 Å². The molecule has 0 aliphatic heterocycles. The van der Waals surface area contributed by atoms with Crippen molar-refractivity contribution in [2.45, 2.75) is 12.9 Å². The van der Waals surface area contributed by atoms with E-state index in [9.17, 15) is 32.3 Å². The summed E-state index contributed by atoms with van der Waals surface area (Å²) in [5, 5.41) is 10.0. The smallest absolute Gasteiger partial charge is 0.477 e. The van der Waals surface area contributed by atoms with E-state index in [4.69, 9.17) is 0 Å². The highest BCUT2D eigenvalue weighted by Crippen LogP contribution is 2.37. The first-order chi connectivity index (χ1) is 15.2. The molecule has 4 rings (SSSR count). The molecule has 2 N–H and O–H groups in total. The number of aromatic carboxylic acids is 1. The lowest BCUT2D eigenvalue weighted by molar-refractivity contribution is -0.274. The summed E-state index contributed by atoms with van der Waals surface area (Å²) in [5.74, 6) is -2.60. The maximum absolute atomic E-state index is 14.3. The number of pyridine rings is 1. The Kier molecular flexibility index (Phi) is 5.21. The maximum Gasteiger partial charge on any atom is 0.573 e. The van der Waals surface area contributed by atoms with Gasteiger partial charge in [0.05, 0.1) is 6.54 Å². The number of nitrogens with one attached hydrogen (secondary N) is 1. The Morgan fingerprint density at radius 1 is 1.09 bits per heavy atom. The molecule has 0 saturated carbocycles. The van der Waals surface area contributed by atoms with Gasteiger partial charge in [-0.3, -0.25) is 4.79 Å². The molecule has 164 valence electrons. The van der Waals surface area contributed by atoms with Crippen LogP contribution >= 0.6 is 0 Å². The van der Waals surface area contributed by atoms with E-state index in [0.717, 1.165) is 12.1 Å². The highest BCUT2D eigenvalue weighted by molar-refractivity contribution is 6.08. The fraction of sp³-hybridized carbons (Fsp3) is 0.0909. The summed E-state index contributed by atoms with van der Waals surface area (Å²) < 4.78 is 57.8. The number of aromatic amines is 1. The third-order valence-corrected chi connectivity index (χ3v) is 4.84. The average molecular weight is 446 g/mol. The summed E-state index contributed by atoms with van der Waals surface area (Å²) in [5.41, 5.74) is -0.815. The Labute approximate surface area is 177 Å². The Bertz CT molecular complexity index is 1390. The second-order valence-corrected chi connectivity index (χ2v) is 6.85. The third kappa shape index (κ3) is 3.94. The van der Waals surface area contributed by atoms with Gasteiger partial charge in [0, 0.05) is 33.8 Å². The van der Waals surface area contributed by atoms with Gasteiger partial charge in [0.1, 0.15) is 17.3 Å². The molecular formula is C22H14F4N2O4. The van der Waals surface area contributed by atoms with Crippen molar-refractivity contribution in [3.05, 3.63) is 88.2 Å². The highest BCUT2D eigenvalue weighted by Gasteiger charge is 2.32. The lowest BCUT2D eigenvalue weighted by Gasteiger charge is -2.11. The van der Waals surface area contributed by atoms with Crippen molar-refractivity contribution in [1.29, 1.82) is 0 Å². The SMILES string of the molecule is O=C(O)c1c(-c2ccc[nH]c2=O)c2cc(OC(F)(F)F)ccc2n1Cc1ccccc1F. The summed E-state index contributed by atoms with van der Waals surface area (Å²) in [7, 11) is 0. The van der Waals surface area contributed by atoms with Crippen LogP contribution in [0.2, 0.25) is 0 Å². The summed E-state index contributed by atoms with van der Waals surface area (Å²) in [6.07, 6.45) is -3.63. The molecule has 0 fully saturated rings. The number of halogens is 4. The second kappa shape index (κ2) is 7.88. The Balaban J connectivity index is 2.06. The molecule has 0 amide bonds. The first-order valence-corrected chi connectivity index (χ1v) is 9.22. The van der Waals surface area contributed by atoms with E-state index in [1.165, 1.54) is 47.2 Å². The molecule has 0 atom stereocenters. The molecule has 6 nitrogen and oxygen atoms in total. The number of alkyl halides is 3. The summed E-state index contributed by atoms with van der Waals surface area (Å²) in [6.45, 7) is -0.227. The van der Waals surface area contributed by atoms with Gasteiger partial charge < -0.3 is 19.4 Å². The number of hydrogen-bond donors (Lipinski definition) is 2. The van der Waals surface area contributed by atoms with Crippen LogP contribution in [0.3, 0.4) is 0 Å². The van der Waals surface area contributed by atoms with E-state index in [2.05, 4.69) is 9.72 Å². The number of fused-ring (bicyclic) bond motifs is 1. The van der Waals surface area contributed by atoms with Crippen molar-refractivity contribution < 1.29 is 32.2 Å². The number of nitrogens with zero attached hydrogens (tertiary/aromatic N) is 1. The zero-order valence-corrected chi connectivity index (χ0v) is 16.1. The monoisotopic (exact) mass is 446 g/mol. The van der Waals surface area contributed by atoms with Crippen LogP contribution in [0, 0.1) is 5.82 Å². The van der Waals surface area contributed by atoms with Crippen molar-refractivity contribution in [2.75, 3.05) is 0 Å². The predicted octanol–water partition coefficient (Wildman–Crippen LogP) is 4.78. The Morgan fingerprint density at radius 3 is 2.50 bits per heavy atom. The molecule has 32 heavy (non-hydrogen) atoms. The normalized spacial score (nSPS) is 11.6. The van der Waals surface area contributed by atoms with Crippen LogP contribution in [0.5, 0.6) is 5.75 Å². The van der Waals surface area contributed by atoms with Gasteiger partial charge in [0.25, 0.3) is 5.56 Å². The van der Waals surface area contributed by atoms with Gasteiger partial charge in [0.15, 0.2) is 0 Å². The lowest BCUT2D eigenvalue weighted by atomic mass is 10.0. The Morgan fingerprint density at radius 2 is 1.84 bits per heavy atom. The van der Waals surface area contributed by atoms with Gasteiger partial charge in [-0.05, 0) is 36.4 Å². The molecule has 4 aromatic rings. The topological polar surface area (TPSA) is 84.3 Å². The fourth-order valence-corrected chi connectivity index (χ4v) is 3.61. The molecule has 2 aromatic heterocycles. The largest absolute Gasteiger partial charge is 0.573 e. The fourth-order valence-electron chi connectivity index (χ4n) is 3.61. The third-order valence-electron chi connectivity index (χ3n) is 4.84. The van der Waals surface area contributed by atoms with Gasteiger partial charge in [-0.15, -0.1) is 13.2 Å². The zero-order valence-electron chi connectivity index (χ0n) is 16.1. The predicted molar refractivity (Wildman–Crippen MR) is 107 cm³/mol. The first-order valence-electron chi connectivity index (χ1n) is 9.22. The second-order valence-electron chi connectivity index (χ2n) is 6.85. The number of carbonyl (C=O) groups is 1. The summed E-state index contributed by atoms with van der Waals surface area (Å²) >= 11 is 0. The molecule has 0 unspecified atom stereocenters. The van der Waals surface area contributed by atoms with Crippen LogP contribution in [0.1, 0.15) is 16.1 Å². The molecule has 0 radical (unpaired) electrons. The van der Waals surface area contributed by atoms with E-state index < -0.39 is 29.5 Å². The van der Waals surface area contributed by atoms with Crippen LogP contribution in [-0.2, 0) is 6.54 Å². The number of rotatable bonds is 5. The first kappa shape index (κ1) is 21.2. The number of ether oxygens (including phenoxy) is 1. The van der Waals surface area contributed by atoms with Gasteiger partial charge >= 0.3 is 12.3 Å². The van der Waals surface area contributed by atoms with Crippen LogP contribution in [0.4, 0.5) is 17.6 Å². The summed E-state index contributed by atoms with van der Waals surface area (Å²) in [6, 6.07) is 11.8. The van der Waals surface area contributed by atoms with Crippen LogP contribution in [0.25, 0.3) is 22.0 Å². The Hall–Kier alpha value is -4.08. The molecular weight excluding hydrogens is 432 g/mol. The van der Waals surface area contributed by atoms with Crippen molar-refractivity contribution >= 4 is 16.9 Å². The van der Waals surface area contributed by atoms with E-state index in [1.807, 2.05) is 0 Å². The molecule has 0 spiro atoms. The summed E-state index contributed by atoms with van der Waals surface area (Å²) in [4.78, 5) is 27.1. The van der Waals surface area contributed by atoms with Crippen molar-refractivity contribution in [3.63, 3.8) is 0 Å². The van der Waals surface area contributed by atoms with Crippen molar-refractivity contribution in [2.24, 2.45) is 0 Å². The number of carboxylic acids is 1. The number of benzene rings is 2. The number of carboxylic acid groups (broad SMARTS) is 1. The molecule has 10 heteroatoms. The lowest BCUT2D eigenvalue weighted by Crippen LogP contribution is -2.17. The number of aromatic nitrogens is 2. The van der Waals surface area contributed by atoms with Gasteiger partial charge in [-0.25, -0.2) is 9.18 Å². The molecule has 0 aliphatic carbocycles. The molecule has 0 saturated heterocycles. The molecule has 2 aromatic carbocycles. The highest BCUT2D eigenvalue weighted by atomic mass is 19.4. The van der Waals surface area contributed by atoms with E-state index in [0.29, 0.717) is 0 Å². The van der Waals surface area contributed by atoms with Crippen molar-refractivity contribution in [1.82, 2.24) is 9.55 Å². The molecule has 0 bridgehead atoms. The minimum absolute atomic E-state index is 0.0391. The molecule has 2 heterocycles. The van der Waals surface area contributed by atoms with Crippen molar-refractivity contribution in [3.8, 4) is 16.9 Å². The van der Waals surface area contributed by atoms with Gasteiger partial charge in [0.2, 0.25) is 0 Å². The average Bonchev–Trinajstić information content (AvgIpc) is 3.02. The standard InChI is InChI=1S/C22H14F4N2O4/c23-16-6-2-1-4-12(16)11-28-17-8-7-13(32-22(24,25)26)10-15(17)18(19(28)21(30)31)14-5-3-9-27-20(14)29/h1-10H,11H2,(H,27,29)(H,30,31). The minimum Gasteiger partial charge on any atom is -0.477 e. The van der Waals surface area contributed by atoms with E-state index in [-0.39, 0.29) is 39.8 Å². The van der Waals surface area contributed by atoms with E-state index >= 15 is 0 Å². The van der Waals surface area contributed by atoms with Gasteiger partial charge in [-0.1, -0.05) is 18.2 Å². The molecule has 0 aliphatic rings.